The Morgan fingerprint density at radius 3 is 1.20 bits per heavy atom. The van der Waals surface area contributed by atoms with Crippen LogP contribution in [0.25, 0.3) is 76.6 Å². The first-order valence-electron chi connectivity index (χ1n) is 29.0. The minimum Gasteiger partial charge on any atom is -0.311 e. The topological polar surface area (TPSA) is 32.3 Å². The highest BCUT2D eigenvalue weighted by atomic mass is 15.2. The van der Waals surface area contributed by atoms with E-state index in [4.69, 9.17) is 9.97 Å². The van der Waals surface area contributed by atoms with E-state index in [1.54, 1.807) is 0 Å². The number of rotatable bonds is 4. The molecule has 0 N–H and O–H groups in total. The Morgan fingerprint density at radius 1 is 0.321 bits per heavy atom. The van der Waals surface area contributed by atoms with Crippen molar-refractivity contribution in [3.8, 4) is 22.6 Å². The Balaban J connectivity index is 1.14. The number of aromatic nitrogens is 2. The summed E-state index contributed by atoms with van der Waals surface area (Å²) in [4.78, 5) is 16.4. The average molecular weight is 1050 g/mol. The Hall–Kier alpha value is -8.54. The normalized spacial score (nSPS) is 13.6. The van der Waals surface area contributed by atoms with Gasteiger partial charge in [0.1, 0.15) is 0 Å². The molecule has 0 bridgehead atoms. The Morgan fingerprint density at radius 2 is 0.741 bits per heavy atom. The molecule has 0 fully saturated rings. The van der Waals surface area contributed by atoms with Crippen molar-refractivity contribution in [3.63, 3.8) is 0 Å². The van der Waals surface area contributed by atoms with Gasteiger partial charge >= 0.3 is 0 Å². The molecule has 1 aromatic heterocycles. The fraction of sp³-hybridized carbons (Fsp3) is 0.211. The monoisotopic (exact) mass is 1050 g/mol. The number of benzene rings is 11. The van der Waals surface area contributed by atoms with Crippen LogP contribution in [0.1, 0.15) is 105 Å². The van der Waals surface area contributed by atoms with Gasteiger partial charge in [0.25, 0.3) is 6.71 Å². The SMILES string of the molecule is CC(C)(C)c1ccc(N2c3cc4c(ccc5ccccc54)cc3B3c4cc5ccc6ccccc6c5cc4N(c4ccc(C(C)(C)C)cc4)c4cc(-c5nc(-c6cc(C(C)(C)C)cc(C(C)(C)C)c6)nc6ccccc56)cc2c43)cc1. The molecule has 0 atom stereocenters. The summed E-state index contributed by atoms with van der Waals surface area (Å²) in [5.41, 5.74) is 19.5. The van der Waals surface area contributed by atoms with Crippen molar-refractivity contribution >= 4 is 111 Å². The lowest BCUT2D eigenvalue weighted by atomic mass is 9.33. The van der Waals surface area contributed by atoms with Crippen LogP contribution in [0, 0.1) is 0 Å². The van der Waals surface area contributed by atoms with E-state index in [0.717, 1.165) is 56.3 Å². The first-order valence-corrected chi connectivity index (χ1v) is 29.0. The molecule has 11 aromatic carbocycles. The predicted octanol–water partition coefficient (Wildman–Crippen LogP) is 18.8. The van der Waals surface area contributed by atoms with Gasteiger partial charge in [-0.25, -0.2) is 9.97 Å². The molecule has 0 radical (unpaired) electrons. The summed E-state index contributed by atoms with van der Waals surface area (Å²) in [6.07, 6.45) is 0. The van der Waals surface area contributed by atoms with Gasteiger partial charge in [0.05, 0.1) is 11.2 Å². The maximum atomic E-state index is 5.81. The van der Waals surface area contributed by atoms with Crippen molar-refractivity contribution in [3.05, 3.63) is 222 Å². The quantitative estimate of drug-likeness (QED) is 0.130. The summed E-state index contributed by atoms with van der Waals surface area (Å²) in [5.74, 6) is 0.723. The molecule has 4 nitrogen and oxygen atoms in total. The van der Waals surface area contributed by atoms with Gasteiger partial charge in [0.2, 0.25) is 0 Å². The minimum atomic E-state index is -0.121. The summed E-state index contributed by atoms with van der Waals surface area (Å²) < 4.78 is 0. The first kappa shape index (κ1) is 50.7. The van der Waals surface area contributed by atoms with E-state index < -0.39 is 0 Å². The van der Waals surface area contributed by atoms with Gasteiger partial charge in [0, 0.05) is 50.6 Å². The van der Waals surface area contributed by atoms with Gasteiger partial charge in [-0.15, -0.1) is 0 Å². The van der Waals surface area contributed by atoms with Gasteiger partial charge in [-0.2, -0.15) is 0 Å². The number of hydrogen-bond acceptors (Lipinski definition) is 4. The molecule has 0 unspecified atom stereocenters. The van der Waals surface area contributed by atoms with E-state index in [2.05, 4.69) is 293 Å². The van der Waals surface area contributed by atoms with Gasteiger partial charge in [-0.05, 0) is 170 Å². The molecule has 81 heavy (non-hydrogen) atoms. The van der Waals surface area contributed by atoms with Crippen LogP contribution in [0.15, 0.2) is 200 Å². The third-order valence-corrected chi connectivity index (χ3v) is 17.6. The molecule has 2 aliphatic heterocycles. The minimum absolute atomic E-state index is 0.0235. The second-order valence-electron chi connectivity index (χ2n) is 27.2. The number of nitrogens with zero attached hydrogens (tertiary/aromatic N) is 4. The molecule has 12 aromatic rings. The molecule has 5 heteroatoms. The van der Waals surface area contributed by atoms with Gasteiger partial charge < -0.3 is 9.80 Å². The zero-order valence-electron chi connectivity index (χ0n) is 48.9. The molecule has 2 aliphatic rings. The first-order chi connectivity index (χ1) is 38.7. The smallest absolute Gasteiger partial charge is 0.252 e. The highest BCUT2D eigenvalue weighted by Crippen LogP contribution is 2.49. The van der Waals surface area contributed by atoms with E-state index in [9.17, 15) is 0 Å². The lowest BCUT2D eigenvalue weighted by molar-refractivity contribution is 0.569. The highest BCUT2D eigenvalue weighted by Gasteiger charge is 2.44. The van der Waals surface area contributed by atoms with Crippen molar-refractivity contribution in [1.29, 1.82) is 0 Å². The van der Waals surface area contributed by atoms with Crippen LogP contribution in [0.2, 0.25) is 0 Å². The van der Waals surface area contributed by atoms with Crippen molar-refractivity contribution in [1.82, 2.24) is 9.97 Å². The van der Waals surface area contributed by atoms with Crippen LogP contribution in [0.5, 0.6) is 0 Å². The Kier molecular flexibility index (Phi) is 11.3. The number of para-hydroxylation sites is 1. The fourth-order valence-electron chi connectivity index (χ4n) is 13.0. The third kappa shape index (κ3) is 8.41. The van der Waals surface area contributed by atoms with Crippen LogP contribution in [0.4, 0.5) is 34.1 Å². The molecular weight excluding hydrogens is 980 g/mol. The average Bonchev–Trinajstić information content (AvgIpc) is 2.86. The molecule has 0 aliphatic carbocycles. The van der Waals surface area contributed by atoms with Crippen LogP contribution in [-0.4, -0.2) is 16.7 Å². The number of hydrogen-bond donors (Lipinski definition) is 0. The van der Waals surface area contributed by atoms with E-state index in [-0.39, 0.29) is 28.4 Å². The molecule has 0 spiro atoms. The van der Waals surface area contributed by atoms with E-state index in [1.807, 2.05) is 0 Å². The fourth-order valence-corrected chi connectivity index (χ4v) is 13.0. The molecule has 0 saturated carbocycles. The van der Waals surface area contributed by atoms with E-state index in [0.29, 0.717) is 0 Å². The van der Waals surface area contributed by atoms with Crippen molar-refractivity contribution < 1.29 is 0 Å². The summed E-state index contributed by atoms with van der Waals surface area (Å²) >= 11 is 0. The predicted molar refractivity (Wildman–Crippen MR) is 349 cm³/mol. The number of fused-ring (bicyclic) bond motifs is 11. The van der Waals surface area contributed by atoms with Gasteiger partial charge in [-0.3, -0.25) is 0 Å². The summed E-state index contributed by atoms with van der Waals surface area (Å²) in [5, 5.41) is 10.9. The van der Waals surface area contributed by atoms with Crippen molar-refractivity contribution in [2.75, 3.05) is 9.80 Å². The second kappa shape index (κ2) is 18.0. The Labute approximate surface area is 478 Å². The second-order valence-corrected chi connectivity index (χ2v) is 27.2. The summed E-state index contributed by atoms with van der Waals surface area (Å²) in [7, 11) is 0. The standard InChI is InChI=1S/C76H69BN4/c1-73(2,3)52-29-33-56(34-30-52)80-66-44-61-48(27-25-46-19-13-15-21-58(46)61)39-63(66)77-64-40-49-28-26-47-20-14-16-22-59(47)62(49)45-67(64)81(57-35-31-53(32-36-57)74(4,5)6)69-42-50(41-68(80)70(69)77)71-60-23-17-18-24-65(60)78-72(79-71)51-37-54(75(7,8)9)43-55(38-51)76(10,11)12/h13-45H,1-12H3. The highest BCUT2D eigenvalue weighted by molar-refractivity contribution is 7.00. The summed E-state index contributed by atoms with van der Waals surface area (Å²) in [6.45, 7) is 27.5. The van der Waals surface area contributed by atoms with Crippen molar-refractivity contribution in [2.45, 2.75) is 105 Å². The zero-order chi connectivity index (χ0) is 56.1. The molecule has 0 saturated heterocycles. The maximum Gasteiger partial charge on any atom is 0.252 e. The third-order valence-electron chi connectivity index (χ3n) is 17.6. The van der Waals surface area contributed by atoms with Crippen molar-refractivity contribution in [2.24, 2.45) is 0 Å². The van der Waals surface area contributed by atoms with Gasteiger partial charge in [-0.1, -0.05) is 217 Å². The lowest BCUT2D eigenvalue weighted by Gasteiger charge is -2.45. The maximum absolute atomic E-state index is 5.81. The van der Waals surface area contributed by atoms with Crippen LogP contribution < -0.4 is 26.2 Å². The van der Waals surface area contributed by atoms with Crippen LogP contribution in [0.3, 0.4) is 0 Å². The summed E-state index contributed by atoms with van der Waals surface area (Å²) in [6, 6.07) is 76.3. The molecule has 14 rings (SSSR count). The molecule has 396 valence electrons. The Bertz CT molecular complexity index is 4320. The van der Waals surface area contributed by atoms with Crippen LogP contribution >= 0.6 is 0 Å². The number of anilines is 6. The zero-order valence-corrected chi connectivity index (χ0v) is 48.9. The molecular formula is C76H69BN4. The lowest BCUT2D eigenvalue weighted by Crippen LogP contribution is -2.61. The van der Waals surface area contributed by atoms with Gasteiger partial charge in [0.15, 0.2) is 5.82 Å². The molecule has 0 amide bonds. The van der Waals surface area contributed by atoms with E-state index in [1.165, 1.54) is 93.1 Å². The van der Waals surface area contributed by atoms with Crippen LogP contribution in [-0.2, 0) is 21.7 Å². The van der Waals surface area contributed by atoms with E-state index >= 15 is 0 Å². The molecule has 3 heterocycles. The largest absolute Gasteiger partial charge is 0.311 e.